The van der Waals surface area contributed by atoms with Gasteiger partial charge in [-0.15, -0.1) is 0 Å². The fourth-order valence-electron chi connectivity index (χ4n) is 4.02. The second-order valence-electron chi connectivity index (χ2n) is 7.69. The van der Waals surface area contributed by atoms with Gasteiger partial charge in [0, 0.05) is 38.5 Å². The summed E-state index contributed by atoms with van der Waals surface area (Å²) in [6.07, 6.45) is 8.49. The third-order valence-electron chi connectivity index (χ3n) is 5.89. The smallest absolute Gasteiger partial charge is 0.252 e. The second-order valence-corrected chi connectivity index (χ2v) is 7.69. The van der Waals surface area contributed by atoms with Crippen molar-refractivity contribution in [2.75, 3.05) is 44.7 Å². The van der Waals surface area contributed by atoms with Crippen molar-refractivity contribution in [1.82, 2.24) is 15.2 Å². The Kier molecular flexibility index (Phi) is 6.86. The van der Waals surface area contributed by atoms with E-state index in [1.807, 2.05) is 12.1 Å². The van der Waals surface area contributed by atoms with E-state index in [1.54, 1.807) is 6.20 Å². The molecule has 1 aromatic rings. The molecule has 0 unspecified atom stereocenters. The van der Waals surface area contributed by atoms with Gasteiger partial charge in [-0.2, -0.15) is 0 Å². The monoisotopic (exact) mass is 360 g/mol. The number of aliphatic hydroxyl groups is 1. The number of likely N-dealkylation sites (tertiary alicyclic amines) is 1. The van der Waals surface area contributed by atoms with Crippen LogP contribution in [0.1, 0.15) is 48.9 Å². The van der Waals surface area contributed by atoms with Crippen molar-refractivity contribution in [3.05, 3.63) is 23.9 Å². The highest BCUT2D eigenvalue weighted by Gasteiger charge is 2.20. The van der Waals surface area contributed by atoms with Gasteiger partial charge in [0.25, 0.3) is 5.91 Å². The molecule has 2 aliphatic heterocycles. The number of carbonyl (C=O) groups excluding carboxylic acids is 1. The highest BCUT2D eigenvalue weighted by molar-refractivity contribution is 5.94. The number of carbonyl (C=O) groups is 1. The predicted octanol–water partition coefficient (Wildman–Crippen LogP) is 1.89. The van der Waals surface area contributed by atoms with Crippen molar-refractivity contribution in [3.8, 4) is 0 Å². The summed E-state index contributed by atoms with van der Waals surface area (Å²) in [5.41, 5.74) is 0.621. The van der Waals surface area contributed by atoms with E-state index in [0.29, 0.717) is 24.1 Å². The number of aromatic nitrogens is 1. The Labute approximate surface area is 156 Å². The summed E-state index contributed by atoms with van der Waals surface area (Å²) < 4.78 is 0. The molecule has 0 spiro atoms. The lowest BCUT2D eigenvalue weighted by atomic mass is 9.98. The maximum absolute atomic E-state index is 12.3. The molecule has 1 amide bonds. The Morgan fingerprint density at radius 3 is 2.69 bits per heavy atom. The first-order valence-corrected chi connectivity index (χ1v) is 9.97. The minimum absolute atomic E-state index is 0.0403. The average molecular weight is 361 g/mol. The third kappa shape index (κ3) is 4.95. The lowest BCUT2D eigenvalue weighted by Crippen LogP contribution is -2.39. The molecule has 26 heavy (non-hydrogen) atoms. The highest BCUT2D eigenvalue weighted by atomic mass is 16.3. The van der Waals surface area contributed by atoms with Crippen molar-refractivity contribution >= 4 is 11.7 Å². The molecule has 0 radical (unpaired) electrons. The van der Waals surface area contributed by atoms with Crippen molar-refractivity contribution in [2.24, 2.45) is 5.92 Å². The van der Waals surface area contributed by atoms with Crippen LogP contribution in [0.2, 0.25) is 0 Å². The Balaban J connectivity index is 1.45. The second kappa shape index (κ2) is 9.33. The molecular formula is C20H32N4O2. The number of hydrogen-bond acceptors (Lipinski definition) is 5. The Hall–Kier alpha value is -1.66. The van der Waals surface area contributed by atoms with E-state index in [9.17, 15) is 9.90 Å². The molecule has 0 aliphatic carbocycles. The van der Waals surface area contributed by atoms with Crippen LogP contribution in [0.15, 0.2) is 18.3 Å². The standard InChI is InChI=1S/C20H32N4O2/c1-23-11-3-2-4-18(23)7-10-21-20(26)17-5-6-19(22-14-17)24-12-8-16(15-25)9-13-24/h5-6,14,16,18,25H,2-4,7-13,15H2,1H3,(H,21,26)/t18-/m0/s1. The maximum atomic E-state index is 12.3. The van der Waals surface area contributed by atoms with Crippen LogP contribution in [0.25, 0.3) is 0 Å². The lowest BCUT2D eigenvalue weighted by Gasteiger charge is -2.32. The quantitative estimate of drug-likeness (QED) is 0.811. The van der Waals surface area contributed by atoms with Gasteiger partial charge in [-0.1, -0.05) is 6.42 Å². The minimum atomic E-state index is -0.0403. The highest BCUT2D eigenvalue weighted by Crippen LogP contribution is 2.21. The molecule has 2 fully saturated rings. The molecule has 0 bridgehead atoms. The molecule has 144 valence electrons. The van der Waals surface area contributed by atoms with E-state index in [0.717, 1.165) is 38.2 Å². The van der Waals surface area contributed by atoms with Gasteiger partial charge < -0.3 is 20.2 Å². The molecule has 2 aliphatic rings. The first kappa shape index (κ1) is 19.1. The molecule has 0 aromatic carbocycles. The molecule has 6 nitrogen and oxygen atoms in total. The van der Waals surface area contributed by atoms with Gasteiger partial charge in [0.1, 0.15) is 5.82 Å². The van der Waals surface area contributed by atoms with Gasteiger partial charge in [-0.25, -0.2) is 4.98 Å². The summed E-state index contributed by atoms with van der Waals surface area (Å²) in [7, 11) is 2.18. The zero-order valence-electron chi connectivity index (χ0n) is 15.9. The van der Waals surface area contributed by atoms with Gasteiger partial charge in [0.05, 0.1) is 5.56 Å². The fourth-order valence-corrected chi connectivity index (χ4v) is 4.02. The largest absolute Gasteiger partial charge is 0.396 e. The Morgan fingerprint density at radius 1 is 1.23 bits per heavy atom. The van der Waals surface area contributed by atoms with Crippen LogP contribution >= 0.6 is 0 Å². The van der Waals surface area contributed by atoms with Gasteiger partial charge in [0.15, 0.2) is 0 Å². The number of hydrogen-bond donors (Lipinski definition) is 2. The number of nitrogens with zero attached hydrogens (tertiary/aromatic N) is 3. The topological polar surface area (TPSA) is 68.7 Å². The molecule has 3 rings (SSSR count). The summed E-state index contributed by atoms with van der Waals surface area (Å²) >= 11 is 0. The number of anilines is 1. The molecule has 1 atom stereocenters. The third-order valence-corrected chi connectivity index (χ3v) is 5.89. The lowest BCUT2D eigenvalue weighted by molar-refractivity contribution is 0.0945. The van der Waals surface area contributed by atoms with Crippen LogP contribution in [0, 0.1) is 5.92 Å². The van der Waals surface area contributed by atoms with Gasteiger partial charge in [0.2, 0.25) is 0 Å². The van der Waals surface area contributed by atoms with Crippen LogP contribution in [-0.4, -0.2) is 66.8 Å². The molecule has 0 saturated carbocycles. The Morgan fingerprint density at radius 2 is 2.04 bits per heavy atom. The number of nitrogens with one attached hydrogen (secondary N) is 1. The molecule has 3 heterocycles. The van der Waals surface area contributed by atoms with Crippen molar-refractivity contribution in [3.63, 3.8) is 0 Å². The molecular weight excluding hydrogens is 328 g/mol. The van der Waals surface area contributed by atoms with Gasteiger partial charge in [-0.3, -0.25) is 4.79 Å². The van der Waals surface area contributed by atoms with Crippen LogP contribution in [-0.2, 0) is 0 Å². The normalized spacial score (nSPS) is 22.4. The number of amides is 1. The van der Waals surface area contributed by atoms with Gasteiger partial charge >= 0.3 is 0 Å². The molecule has 1 aromatic heterocycles. The summed E-state index contributed by atoms with van der Waals surface area (Å²) in [5, 5.41) is 12.3. The summed E-state index contributed by atoms with van der Waals surface area (Å²) in [5.74, 6) is 1.29. The number of rotatable bonds is 6. The van der Waals surface area contributed by atoms with Crippen molar-refractivity contribution in [1.29, 1.82) is 0 Å². The average Bonchev–Trinajstić information content (AvgIpc) is 2.69. The SMILES string of the molecule is CN1CCCC[C@H]1CCNC(=O)c1ccc(N2CCC(CO)CC2)nc1. The number of pyridine rings is 1. The molecule has 2 saturated heterocycles. The van der Waals surface area contributed by atoms with Crippen molar-refractivity contribution < 1.29 is 9.90 Å². The number of piperidine rings is 2. The molecule has 6 heteroatoms. The van der Waals surface area contributed by atoms with E-state index >= 15 is 0 Å². The van der Waals surface area contributed by atoms with E-state index in [2.05, 4.69) is 27.1 Å². The summed E-state index contributed by atoms with van der Waals surface area (Å²) in [6.45, 7) is 3.98. The molecule has 2 N–H and O–H groups in total. The van der Waals surface area contributed by atoms with E-state index < -0.39 is 0 Å². The summed E-state index contributed by atoms with van der Waals surface area (Å²) in [6, 6.07) is 4.39. The number of aliphatic hydroxyl groups excluding tert-OH is 1. The first-order valence-electron chi connectivity index (χ1n) is 9.97. The Bertz CT molecular complexity index is 570. The van der Waals surface area contributed by atoms with Crippen molar-refractivity contribution in [2.45, 2.75) is 44.6 Å². The van der Waals surface area contributed by atoms with E-state index in [4.69, 9.17) is 0 Å². The van der Waals surface area contributed by atoms with Crippen LogP contribution in [0.3, 0.4) is 0 Å². The zero-order valence-corrected chi connectivity index (χ0v) is 15.9. The first-order chi connectivity index (χ1) is 12.7. The van der Waals surface area contributed by atoms with E-state index in [-0.39, 0.29) is 12.5 Å². The van der Waals surface area contributed by atoms with Crippen LogP contribution in [0.4, 0.5) is 5.82 Å². The fraction of sp³-hybridized carbons (Fsp3) is 0.700. The predicted molar refractivity (Wildman–Crippen MR) is 103 cm³/mol. The van der Waals surface area contributed by atoms with E-state index in [1.165, 1.54) is 25.8 Å². The van der Waals surface area contributed by atoms with Crippen LogP contribution in [0.5, 0.6) is 0 Å². The zero-order chi connectivity index (χ0) is 18.4. The minimum Gasteiger partial charge on any atom is -0.396 e. The van der Waals surface area contributed by atoms with Crippen LogP contribution < -0.4 is 10.2 Å². The van der Waals surface area contributed by atoms with Gasteiger partial charge in [-0.05, 0) is 63.7 Å². The maximum Gasteiger partial charge on any atom is 0.252 e. The summed E-state index contributed by atoms with van der Waals surface area (Å²) in [4.78, 5) is 21.4.